The maximum Gasteiger partial charge on any atom is 0.222 e. The number of thiazole rings is 1. The molecule has 3 aromatic heterocycles. The van der Waals surface area contributed by atoms with Crippen molar-refractivity contribution in [1.29, 1.82) is 0 Å². The highest BCUT2D eigenvalue weighted by Crippen LogP contribution is 2.33. The number of piperidine rings is 1. The lowest BCUT2D eigenvalue weighted by atomic mass is 9.95. The lowest BCUT2D eigenvalue weighted by Crippen LogP contribution is -2.39. The zero-order chi connectivity index (χ0) is 18.1. The third kappa shape index (κ3) is 3.25. The van der Waals surface area contributed by atoms with Gasteiger partial charge in [-0.25, -0.2) is 9.97 Å². The Balaban J connectivity index is 1.41. The molecular formula is C18H24N6OS. The van der Waals surface area contributed by atoms with E-state index in [4.69, 9.17) is 4.98 Å². The number of amides is 1. The van der Waals surface area contributed by atoms with Gasteiger partial charge < -0.3 is 4.90 Å². The molecular weight excluding hydrogens is 348 g/mol. The maximum atomic E-state index is 12.6. The standard InChI is InChI=1S/C18H24N6OS/c1-13-10-26-18-17(21-14(2)24(13)18)15-5-3-7-22(9-15)16(25)6-4-8-23-12-19-11-20-23/h10-12,15H,3-9H2,1-2H3/t15-/m1/s1. The number of likely N-dealkylation sites (tertiary alicyclic amines) is 1. The molecule has 0 radical (unpaired) electrons. The molecule has 0 aromatic carbocycles. The van der Waals surface area contributed by atoms with Crippen molar-refractivity contribution in [2.24, 2.45) is 0 Å². The molecule has 1 aliphatic heterocycles. The molecule has 8 heteroatoms. The summed E-state index contributed by atoms with van der Waals surface area (Å²) in [5.41, 5.74) is 2.40. The van der Waals surface area contributed by atoms with Gasteiger partial charge in [0.15, 0.2) is 0 Å². The van der Waals surface area contributed by atoms with E-state index >= 15 is 0 Å². The van der Waals surface area contributed by atoms with Crippen LogP contribution in [0.3, 0.4) is 0 Å². The van der Waals surface area contributed by atoms with Gasteiger partial charge in [-0.05, 0) is 33.1 Å². The molecule has 0 spiro atoms. The average molecular weight is 372 g/mol. The van der Waals surface area contributed by atoms with Crippen LogP contribution in [0, 0.1) is 13.8 Å². The van der Waals surface area contributed by atoms with Gasteiger partial charge in [0.1, 0.15) is 23.3 Å². The minimum Gasteiger partial charge on any atom is -0.342 e. The van der Waals surface area contributed by atoms with Crippen molar-refractivity contribution in [3.63, 3.8) is 0 Å². The fourth-order valence-corrected chi connectivity index (χ4v) is 4.95. The number of aryl methyl sites for hydroxylation is 3. The Bertz CT molecular complexity index is 896. The summed E-state index contributed by atoms with van der Waals surface area (Å²) in [6, 6.07) is 0. The molecule has 1 aliphatic rings. The van der Waals surface area contributed by atoms with E-state index in [1.807, 2.05) is 4.90 Å². The van der Waals surface area contributed by atoms with Crippen LogP contribution in [-0.2, 0) is 11.3 Å². The highest BCUT2D eigenvalue weighted by atomic mass is 32.1. The largest absolute Gasteiger partial charge is 0.342 e. The fourth-order valence-electron chi connectivity index (χ4n) is 3.85. The van der Waals surface area contributed by atoms with Gasteiger partial charge in [0, 0.05) is 43.0 Å². The Hall–Kier alpha value is -2.22. The number of hydrogen-bond acceptors (Lipinski definition) is 5. The van der Waals surface area contributed by atoms with Crippen LogP contribution in [0.2, 0.25) is 0 Å². The highest BCUT2D eigenvalue weighted by Gasteiger charge is 2.28. The van der Waals surface area contributed by atoms with Crippen LogP contribution in [0.5, 0.6) is 0 Å². The normalized spacial score (nSPS) is 17.9. The predicted octanol–water partition coefficient (Wildman–Crippen LogP) is 2.79. The minimum absolute atomic E-state index is 0.240. The number of nitrogens with zero attached hydrogens (tertiary/aromatic N) is 6. The summed E-state index contributed by atoms with van der Waals surface area (Å²) in [4.78, 5) is 24.7. The van der Waals surface area contributed by atoms with E-state index in [-0.39, 0.29) is 5.91 Å². The zero-order valence-electron chi connectivity index (χ0n) is 15.3. The first-order chi connectivity index (χ1) is 12.6. The molecule has 3 aromatic rings. The van der Waals surface area contributed by atoms with Crippen molar-refractivity contribution in [3.05, 3.63) is 35.2 Å². The molecule has 0 unspecified atom stereocenters. The number of rotatable bonds is 5. The number of imidazole rings is 1. The second-order valence-corrected chi connectivity index (χ2v) is 7.86. The van der Waals surface area contributed by atoms with Gasteiger partial charge in [0.2, 0.25) is 5.91 Å². The first-order valence-electron chi connectivity index (χ1n) is 9.16. The van der Waals surface area contributed by atoms with Gasteiger partial charge in [0.05, 0.1) is 5.69 Å². The molecule has 0 saturated carbocycles. The maximum absolute atomic E-state index is 12.6. The summed E-state index contributed by atoms with van der Waals surface area (Å²) in [7, 11) is 0. The summed E-state index contributed by atoms with van der Waals surface area (Å²) < 4.78 is 4.01. The molecule has 1 saturated heterocycles. The summed E-state index contributed by atoms with van der Waals surface area (Å²) in [6.45, 7) is 6.56. The second-order valence-electron chi connectivity index (χ2n) is 7.00. The number of hydrogen-bond donors (Lipinski definition) is 0. The summed E-state index contributed by atoms with van der Waals surface area (Å²) in [6.07, 6.45) is 6.71. The molecule has 0 aliphatic carbocycles. The lowest BCUT2D eigenvalue weighted by molar-refractivity contribution is -0.132. The van der Waals surface area contributed by atoms with Crippen LogP contribution in [-0.4, -0.2) is 48.0 Å². The van der Waals surface area contributed by atoms with E-state index in [1.165, 1.54) is 22.5 Å². The molecule has 7 nitrogen and oxygen atoms in total. The molecule has 0 bridgehead atoms. The monoisotopic (exact) mass is 372 g/mol. The molecule has 4 heterocycles. The van der Waals surface area contributed by atoms with E-state index < -0.39 is 0 Å². The Morgan fingerprint density at radius 1 is 1.38 bits per heavy atom. The van der Waals surface area contributed by atoms with Crippen LogP contribution in [0.25, 0.3) is 4.83 Å². The molecule has 26 heavy (non-hydrogen) atoms. The minimum atomic E-state index is 0.240. The van der Waals surface area contributed by atoms with Crippen molar-refractivity contribution in [2.75, 3.05) is 13.1 Å². The van der Waals surface area contributed by atoms with Crippen LogP contribution < -0.4 is 0 Å². The average Bonchev–Trinajstić information content (AvgIpc) is 3.35. The van der Waals surface area contributed by atoms with Crippen molar-refractivity contribution in [2.45, 2.75) is 52.0 Å². The quantitative estimate of drug-likeness (QED) is 0.691. The van der Waals surface area contributed by atoms with Gasteiger partial charge in [-0.1, -0.05) is 0 Å². The Labute approximate surface area is 156 Å². The first kappa shape index (κ1) is 17.2. The van der Waals surface area contributed by atoms with Gasteiger partial charge >= 0.3 is 0 Å². The number of aromatic nitrogens is 5. The zero-order valence-corrected chi connectivity index (χ0v) is 16.1. The Morgan fingerprint density at radius 3 is 3.08 bits per heavy atom. The fraction of sp³-hybridized carbons (Fsp3) is 0.556. The second kappa shape index (κ2) is 7.19. The van der Waals surface area contributed by atoms with Crippen LogP contribution in [0.4, 0.5) is 0 Å². The Kier molecular flexibility index (Phi) is 4.76. The van der Waals surface area contributed by atoms with Crippen LogP contribution in [0.1, 0.15) is 48.8 Å². The SMILES string of the molecule is Cc1csc2c([C@@H]3CCCN(C(=O)CCCn4cncn4)C3)nc(C)n12. The highest BCUT2D eigenvalue weighted by molar-refractivity contribution is 7.15. The van der Waals surface area contributed by atoms with Crippen LogP contribution in [0.15, 0.2) is 18.0 Å². The van der Waals surface area contributed by atoms with Crippen molar-refractivity contribution in [3.8, 4) is 0 Å². The summed E-state index contributed by atoms with van der Waals surface area (Å²) in [5, 5.41) is 6.27. The first-order valence-corrected chi connectivity index (χ1v) is 10.0. The summed E-state index contributed by atoms with van der Waals surface area (Å²) >= 11 is 1.76. The predicted molar refractivity (Wildman–Crippen MR) is 100 cm³/mol. The topological polar surface area (TPSA) is 68.3 Å². The van der Waals surface area contributed by atoms with Crippen molar-refractivity contribution < 1.29 is 4.79 Å². The van der Waals surface area contributed by atoms with Crippen molar-refractivity contribution >= 4 is 22.1 Å². The third-order valence-electron chi connectivity index (χ3n) is 5.13. The smallest absolute Gasteiger partial charge is 0.222 e. The number of carbonyl (C=O) groups excluding carboxylic acids is 1. The van der Waals surface area contributed by atoms with E-state index in [9.17, 15) is 4.79 Å². The molecule has 0 N–H and O–H groups in total. The van der Waals surface area contributed by atoms with Gasteiger partial charge in [-0.15, -0.1) is 11.3 Å². The number of carbonyl (C=O) groups is 1. The molecule has 1 atom stereocenters. The van der Waals surface area contributed by atoms with Crippen molar-refractivity contribution in [1.82, 2.24) is 29.0 Å². The van der Waals surface area contributed by atoms with Crippen LogP contribution >= 0.6 is 11.3 Å². The number of fused-ring (bicyclic) bond motifs is 1. The van der Waals surface area contributed by atoms with E-state index in [0.717, 1.165) is 44.7 Å². The third-order valence-corrected chi connectivity index (χ3v) is 6.20. The molecule has 1 amide bonds. The Morgan fingerprint density at radius 2 is 2.27 bits per heavy atom. The van der Waals surface area contributed by atoms with Gasteiger partial charge in [-0.2, -0.15) is 5.10 Å². The van der Waals surface area contributed by atoms with Gasteiger partial charge in [-0.3, -0.25) is 13.9 Å². The van der Waals surface area contributed by atoms with E-state index in [2.05, 4.69) is 33.7 Å². The summed E-state index contributed by atoms with van der Waals surface area (Å²) in [5.74, 6) is 1.62. The van der Waals surface area contributed by atoms with E-state index in [0.29, 0.717) is 12.3 Å². The molecule has 4 rings (SSSR count). The molecule has 138 valence electrons. The lowest BCUT2D eigenvalue weighted by Gasteiger charge is -2.32. The van der Waals surface area contributed by atoms with E-state index in [1.54, 1.807) is 22.3 Å². The molecule has 1 fully saturated rings. The van der Waals surface area contributed by atoms with Gasteiger partial charge in [0.25, 0.3) is 0 Å².